The predicted octanol–water partition coefficient (Wildman–Crippen LogP) is 1.52. The first kappa shape index (κ1) is 15.6. The first-order chi connectivity index (χ1) is 10.6. The molecule has 0 aliphatic rings. The second-order valence-corrected chi connectivity index (χ2v) is 4.77. The highest BCUT2D eigenvalue weighted by Crippen LogP contribution is 2.13. The van der Waals surface area contributed by atoms with Crippen LogP contribution >= 0.6 is 0 Å². The van der Waals surface area contributed by atoms with Gasteiger partial charge in [0.25, 0.3) is 11.8 Å². The van der Waals surface area contributed by atoms with Gasteiger partial charge in [0.15, 0.2) is 6.61 Å². The van der Waals surface area contributed by atoms with Gasteiger partial charge in [-0.1, -0.05) is 36.4 Å². The molecule has 0 fully saturated rings. The highest BCUT2D eigenvalue weighted by molar-refractivity contribution is 5.94. The van der Waals surface area contributed by atoms with Crippen molar-refractivity contribution >= 4 is 11.8 Å². The van der Waals surface area contributed by atoms with Crippen LogP contribution in [0.1, 0.15) is 15.9 Å². The molecule has 2 amide bonds. The van der Waals surface area contributed by atoms with Gasteiger partial charge in [-0.3, -0.25) is 9.59 Å². The summed E-state index contributed by atoms with van der Waals surface area (Å²) in [5, 5.41) is 2.85. The SMILES string of the molecule is NC(=O)COc1cccc(C(=O)NCCc2ccccc2)c1. The summed E-state index contributed by atoms with van der Waals surface area (Å²) < 4.78 is 5.18. The predicted molar refractivity (Wildman–Crippen MR) is 83.6 cm³/mol. The zero-order valence-corrected chi connectivity index (χ0v) is 12.1. The molecule has 0 bridgehead atoms. The van der Waals surface area contributed by atoms with Gasteiger partial charge in [-0.25, -0.2) is 0 Å². The molecule has 2 rings (SSSR count). The summed E-state index contributed by atoms with van der Waals surface area (Å²) in [6.07, 6.45) is 0.768. The number of carbonyl (C=O) groups excluding carboxylic acids is 2. The number of hydrogen-bond acceptors (Lipinski definition) is 3. The van der Waals surface area contributed by atoms with Crippen LogP contribution in [0.4, 0.5) is 0 Å². The van der Waals surface area contributed by atoms with Crippen molar-refractivity contribution in [2.75, 3.05) is 13.2 Å². The Balaban J connectivity index is 1.86. The minimum absolute atomic E-state index is 0.180. The van der Waals surface area contributed by atoms with E-state index in [-0.39, 0.29) is 12.5 Å². The molecule has 0 atom stereocenters. The van der Waals surface area contributed by atoms with Crippen LogP contribution in [0, 0.1) is 0 Å². The molecule has 5 heteroatoms. The maximum atomic E-state index is 12.1. The molecule has 2 aromatic rings. The maximum Gasteiger partial charge on any atom is 0.255 e. The van der Waals surface area contributed by atoms with Crippen molar-refractivity contribution in [3.63, 3.8) is 0 Å². The third-order valence-corrected chi connectivity index (χ3v) is 3.02. The summed E-state index contributed by atoms with van der Waals surface area (Å²) >= 11 is 0. The van der Waals surface area contributed by atoms with E-state index in [1.807, 2.05) is 30.3 Å². The van der Waals surface area contributed by atoms with Crippen molar-refractivity contribution in [2.45, 2.75) is 6.42 Å². The number of rotatable bonds is 7. The third kappa shape index (κ3) is 4.94. The molecule has 0 saturated carbocycles. The summed E-state index contributed by atoms with van der Waals surface area (Å²) in [5.41, 5.74) is 6.67. The Bertz CT molecular complexity index is 641. The number of ether oxygens (including phenoxy) is 1. The number of nitrogens with two attached hydrogens (primary N) is 1. The van der Waals surface area contributed by atoms with Crippen LogP contribution in [-0.4, -0.2) is 25.0 Å². The van der Waals surface area contributed by atoms with E-state index in [0.717, 1.165) is 6.42 Å². The van der Waals surface area contributed by atoms with E-state index in [1.54, 1.807) is 24.3 Å². The molecule has 5 nitrogen and oxygen atoms in total. The molecule has 0 radical (unpaired) electrons. The smallest absolute Gasteiger partial charge is 0.255 e. The second-order valence-electron chi connectivity index (χ2n) is 4.77. The summed E-state index contributed by atoms with van der Waals surface area (Å²) in [7, 11) is 0. The van der Waals surface area contributed by atoms with Crippen LogP contribution in [0.3, 0.4) is 0 Å². The lowest BCUT2D eigenvalue weighted by Crippen LogP contribution is -2.25. The minimum atomic E-state index is -0.558. The lowest BCUT2D eigenvalue weighted by molar-refractivity contribution is -0.119. The monoisotopic (exact) mass is 298 g/mol. The van der Waals surface area contributed by atoms with Crippen molar-refractivity contribution in [3.8, 4) is 5.75 Å². The van der Waals surface area contributed by atoms with Crippen molar-refractivity contribution in [2.24, 2.45) is 5.73 Å². The van der Waals surface area contributed by atoms with Gasteiger partial charge in [0.2, 0.25) is 0 Å². The zero-order chi connectivity index (χ0) is 15.8. The lowest BCUT2D eigenvalue weighted by Gasteiger charge is -2.08. The first-order valence-corrected chi connectivity index (χ1v) is 6.98. The fourth-order valence-corrected chi connectivity index (χ4v) is 1.95. The van der Waals surface area contributed by atoms with Crippen molar-refractivity contribution in [3.05, 3.63) is 65.7 Å². The summed E-state index contributed by atoms with van der Waals surface area (Å²) in [5.74, 6) is -0.298. The number of primary amides is 1. The van der Waals surface area contributed by atoms with Gasteiger partial charge in [0, 0.05) is 12.1 Å². The molecular formula is C17H18N2O3. The number of amides is 2. The molecular weight excluding hydrogens is 280 g/mol. The molecule has 22 heavy (non-hydrogen) atoms. The van der Waals surface area contributed by atoms with Gasteiger partial charge < -0.3 is 15.8 Å². The van der Waals surface area contributed by atoms with E-state index in [9.17, 15) is 9.59 Å². The van der Waals surface area contributed by atoms with E-state index in [2.05, 4.69) is 5.32 Å². The standard InChI is InChI=1S/C17H18N2O3/c18-16(20)12-22-15-8-4-7-14(11-15)17(21)19-10-9-13-5-2-1-3-6-13/h1-8,11H,9-10,12H2,(H2,18,20)(H,19,21). The molecule has 0 aromatic heterocycles. The van der Waals surface area contributed by atoms with E-state index in [1.165, 1.54) is 5.56 Å². The Labute approximate surface area is 129 Å². The van der Waals surface area contributed by atoms with Crippen LogP contribution in [0.15, 0.2) is 54.6 Å². The largest absolute Gasteiger partial charge is 0.484 e. The van der Waals surface area contributed by atoms with Crippen LogP contribution < -0.4 is 15.8 Å². The molecule has 114 valence electrons. The Morgan fingerprint density at radius 3 is 2.55 bits per heavy atom. The number of hydrogen-bond donors (Lipinski definition) is 2. The van der Waals surface area contributed by atoms with E-state index < -0.39 is 5.91 Å². The Hall–Kier alpha value is -2.82. The summed E-state index contributed by atoms with van der Waals surface area (Å²) in [6, 6.07) is 16.6. The maximum absolute atomic E-state index is 12.1. The zero-order valence-electron chi connectivity index (χ0n) is 12.1. The molecule has 2 aromatic carbocycles. The highest BCUT2D eigenvalue weighted by Gasteiger charge is 2.07. The first-order valence-electron chi connectivity index (χ1n) is 6.98. The Kier molecular flexibility index (Phi) is 5.54. The number of nitrogens with one attached hydrogen (secondary N) is 1. The Morgan fingerprint density at radius 1 is 1.05 bits per heavy atom. The van der Waals surface area contributed by atoms with Gasteiger partial charge in [0.05, 0.1) is 0 Å². The number of carbonyl (C=O) groups is 2. The number of benzene rings is 2. The van der Waals surface area contributed by atoms with Crippen molar-refractivity contribution in [1.29, 1.82) is 0 Å². The summed E-state index contributed by atoms with van der Waals surface area (Å²) in [4.78, 5) is 22.8. The molecule has 3 N–H and O–H groups in total. The highest BCUT2D eigenvalue weighted by atomic mass is 16.5. The molecule has 0 spiro atoms. The van der Waals surface area contributed by atoms with Crippen LogP contribution in [0.5, 0.6) is 5.75 Å². The summed E-state index contributed by atoms with van der Waals surface area (Å²) in [6.45, 7) is 0.342. The van der Waals surface area contributed by atoms with Gasteiger partial charge >= 0.3 is 0 Å². The molecule has 0 saturated heterocycles. The normalized spacial score (nSPS) is 10.0. The fraction of sp³-hybridized carbons (Fsp3) is 0.176. The molecule has 0 aliphatic heterocycles. The third-order valence-electron chi connectivity index (χ3n) is 3.02. The van der Waals surface area contributed by atoms with Crippen LogP contribution in [0.2, 0.25) is 0 Å². The second kappa shape index (κ2) is 7.83. The lowest BCUT2D eigenvalue weighted by atomic mass is 10.1. The quantitative estimate of drug-likeness (QED) is 0.813. The average molecular weight is 298 g/mol. The van der Waals surface area contributed by atoms with Crippen molar-refractivity contribution < 1.29 is 14.3 Å². The topological polar surface area (TPSA) is 81.4 Å². The van der Waals surface area contributed by atoms with Crippen LogP contribution in [-0.2, 0) is 11.2 Å². The molecule has 0 aliphatic carbocycles. The van der Waals surface area contributed by atoms with E-state index in [4.69, 9.17) is 10.5 Å². The van der Waals surface area contributed by atoms with E-state index in [0.29, 0.717) is 17.9 Å². The average Bonchev–Trinajstić information content (AvgIpc) is 2.54. The van der Waals surface area contributed by atoms with Gasteiger partial charge in [0.1, 0.15) is 5.75 Å². The van der Waals surface area contributed by atoms with Crippen molar-refractivity contribution in [1.82, 2.24) is 5.32 Å². The van der Waals surface area contributed by atoms with Gasteiger partial charge in [-0.2, -0.15) is 0 Å². The minimum Gasteiger partial charge on any atom is -0.484 e. The van der Waals surface area contributed by atoms with E-state index >= 15 is 0 Å². The Morgan fingerprint density at radius 2 is 1.82 bits per heavy atom. The fourth-order valence-electron chi connectivity index (χ4n) is 1.95. The van der Waals surface area contributed by atoms with Crippen LogP contribution in [0.25, 0.3) is 0 Å². The molecule has 0 heterocycles. The van der Waals surface area contributed by atoms with Gasteiger partial charge in [-0.15, -0.1) is 0 Å². The molecule has 0 unspecified atom stereocenters. The van der Waals surface area contributed by atoms with Gasteiger partial charge in [-0.05, 0) is 30.2 Å².